The van der Waals surface area contributed by atoms with E-state index >= 15 is 0 Å². The molecule has 0 spiro atoms. The molecule has 0 atom stereocenters. The first-order valence-corrected chi connectivity index (χ1v) is 8.01. The summed E-state index contributed by atoms with van der Waals surface area (Å²) in [5.74, 6) is 0.0329. The highest BCUT2D eigenvalue weighted by Crippen LogP contribution is 2.28. The molecular weight excluding hydrogens is 272 g/mol. The third-order valence-electron chi connectivity index (χ3n) is 3.46. The van der Waals surface area contributed by atoms with E-state index in [0.717, 1.165) is 0 Å². The van der Waals surface area contributed by atoms with Crippen molar-refractivity contribution >= 4 is 29.3 Å². The van der Waals surface area contributed by atoms with Gasteiger partial charge in [0.25, 0.3) is 0 Å². The van der Waals surface area contributed by atoms with E-state index in [1.807, 2.05) is 0 Å². The van der Waals surface area contributed by atoms with Crippen LogP contribution in [0.2, 0.25) is 0 Å². The van der Waals surface area contributed by atoms with Crippen LogP contribution in [0.5, 0.6) is 0 Å². The molecule has 0 unspecified atom stereocenters. The van der Waals surface area contributed by atoms with E-state index < -0.39 is 5.91 Å². The van der Waals surface area contributed by atoms with Crippen molar-refractivity contribution in [1.82, 2.24) is 0 Å². The predicted octanol–water partition coefficient (Wildman–Crippen LogP) is 2.79. The van der Waals surface area contributed by atoms with Crippen molar-refractivity contribution in [3.05, 3.63) is 29.8 Å². The van der Waals surface area contributed by atoms with E-state index in [9.17, 15) is 9.59 Å². The zero-order valence-electron chi connectivity index (χ0n) is 11.4. The second-order valence-electron chi connectivity index (χ2n) is 5.06. The van der Waals surface area contributed by atoms with Gasteiger partial charge in [-0.05, 0) is 37.1 Å². The van der Waals surface area contributed by atoms with Gasteiger partial charge in [-0.1, -0.05) is 19.3 Å². The number of anilines is 1. The number of benzene rings is 1. The van der Waals surface area contributed by atoms with Gasteiger partial charge < -0.3 is 11.1 Å². The van der Waals surface area contributed by atoms with E-state index in [0.29, 0.717) is 22.3 Å². The Kier molecular flexibility index (Phi) is 5.47. The molecule has 0 heterocycles. The normalized spacial score (nSPS) is 15.8. The van der Waals surface area contributed by atoms with Gasteiger partial charge in [-0.3, -0.25) is 9.59 Å². The standard InChI is InChI=1S/C15H20N2O2S/c16-15(19)11-6-8-12(9-7-11)17-14(18)10-20-13-4-2-1-3-5-13/h6-9,13H,1-5,10H2,(H2,16,19)(H,17,18). The first kappa shape index (κ1) is 14.9. The first-order chi connectivity index (χ1) is 9.65. The maximum absolute atomic E-state index is 11.9. The number of carbonyl (C=O) groups is 2. The molecule has 0 aromatic heterocycles. The van der Waals surface area contributed by atoms with Gasteiger partial charge in [-0.25, -0.2) is 0 Å². The van der Waals surface area contributed by atoms with Crippen LogP contribution in [0.15, 0.2) is 24.3 Å². The molecule has 2 amide bonds. The maximum Gasteiger partial charge on any atom is 0.248 e. The molecule has 0 aliphatic heterocycles. The van der Waals surface area contributed by atoms with Gasteiger partial charge in [0.2, 0.25) is 11.8 Å². The molecule has 0 bridgehead atoms. The monoisotopic (exact) mass is 292 g/mol. The lowest BCUT2D eigenvalue weighted by Crippen LogP contribution is -2.18. The molecule has 108 valence electrons. The molecule has 20 heavy (non-hydrogen) atoms. The molecule has 1 aliphatic rings. The molecule has 1 saturated carbocycles. The Morgan fingerprint density at radius 1 is 1.15 bits per heavy atom. The summed E-state index contributed by atoms with van der Waals surface area (Å²) in [6, 6.07) is 6.63. The molecular formula is C15H20N2O2S. The van der Waals surface area contributed by atoms with Crippen LogP contribution in [-0.4, -0.2) is 22.8 Å². The van der Waals surface area contributed by atoms with Crippen molar-refractivity contribution < 1.29 is 9.59 Å². The third kappa shape index (κ3) is 4.56. The number of carbonyl (C=O) groups excluding carboxylic acids is 2. The summed E-state index contributed by atoms with van der Waals surface area (Å²) in [6.07, 6.45) is 6.35. The van der Waals surface area contributed by atoms with Gasteiger partial charge in [0, 0.05) is 16.5 Å². The van der Waals surface area contributed by atoms with Crippen LogP contribution in [-0.2, 0) is 4.79 Å². The summed E-state index contributed by atoms with van der Waals surface area (Å²) in [7, 11) is 0. The van der Waals surface area contributed by atoms with Crippen molar-refractivity contribution in [3.63, 3.8) is 0 Å². The van der Waals surface area contributed by atoms with Gasteiger partial charge in [-0.15, -0.1) is 11.8 Å². The molecule has 4 nitrogen and oxygen atoms in total. The molecule has 1 aliphatic carbocycles. The SMILES string of the molecule is NC(=O)c1ccc(NC(=O)CSC2CCCCC2)cc1. The van der Waals surface area contributed by atoms with Gasteiger partial charge in [0.05, 0.1) is 5.75 Å². The largest absolute Gasteiger partial charge is 0.366 e. The minimum atomic E-state index is -0.462. The summed E-state index contributed by atoms with van der Waals surface area (Å²) in [4.78, 5) is 22.8. The molecule has 5 heteroatoms. The second kappa shape index (κ2) is 7.33. The lowest BCUT2D eigenvalue weighted by Gasteiger charge is -2.20. The van der Waals surface area contributed by atoms with Crippen molar-refractivity contribution in [3.8, 4) is 0 Å². The Morgan fingerprint density at radius 2 is 1.80 bits per heavy atom. The van der Waals surface area contributed by atoms with Crippen LogP contribution in [0, 0.1) is 0 Å². The number of amides is 2. The van der Waals surface area contributed by atoms with Gasteiger partial charge in [0.1, 0.15) is 0 Å². The Hall–Kier alpha value is -1.49. The number of primary amides is 1. The van der Waals surface area contributed by atoms with Crippen LogP contribution in [0.25, 0.3) is 0 Å². The van der Waals surface area contributed by atoms with Crippen LogP contribution in [0.4, 0.5) is 5.69 Å². The number of nitrogens with two attached hydrogens (primary N) is 1. The number of hydrogen-bond acceptors (Lipinski definition) is 3. The minimum absolute atomic E-state index is 0.00685. The molecule has 1 aromatic carbocycles. The number of nitrogens with one attached hydrogen (secondary N) is 1. The first-order valence-electron chi connectivity index (χ1n) is 6.96. The second-order valence-corrected chi connectivity index (χ2v) is 6.35. The lowest BCUT2D eigenvalue weighted by atomic mass is 10.0. The number of thioether (sulfide) groups is 1. The molecule has 3 N–H and O–H groups in total. The highest BCUT2D eigenvalue weighted by molar-refractivity contribution is 8.00. The zero-order valence-corrected chi connectivity index (χ0v) is 12.2. The fraction of sp³-hybridized carbons (Fsp3) is 0.467. The Balaban J connectivity index is 1.77. The van der Waals surface area contributed by atoms with Crippen LogP contribution in [0.3, 0.4) is 0 Å². The Morgan fingerprint density at radius 3 is 2.40 bits per heavy atom. The van der Waals surface area contributed by atoms with Gasteiger partial charge in [-0.2, -0.15) is 0 Å². The summed E-state index contributed by atoms with van der Waals surface area (Å²) < 4.78 is 0. The van der Waals surface area contributed by atoms with Crippen LogP contribution in [0.1, 0.15) is 42.5 Å². The van der Waals surface area contributed by atoms with Crippen LogP contribution >= 0.6 is 11.8 Å². The molecule has 0 saturated heterocycles. The topological polar surface area (TPSA) is 72.2 Å². The van der Waals surface area contributed by atoms with E-state index in [-0.39, 0.29) is 5.91 Å². The van der Waals surface area contributed by atoms with E-state index in [1.165, 1.54) is 32.1 Å². The Bertz CT molecular complexity index is 467. The average Bonchev–Trinajstić information content (AvgIpc) is 2.47. The maximum atomic E-state index is 11.9. The molecule has 1 fully saturated rings. The fourth-order valence-electron chi connectivity index (χ4n) is 2.34. The summed E-state index contributed by atoms with van der Waals surface area (Å²) in [6.45, 7) is 0. The van der Waals surface area contributed by atoms with Crippen molar-refractivity contribution in [2.24, 2.45) is 5.73 Å². The highest BCUT2D eigenvalue weighted by atomic mass is 32.2. The molecule has 0 radical (unpaired) electrons. The quantitative estimate of drug-likeness (QED) is 0.876. The number of rotatable bonds is 5. The van der Waals surface area contributed by atoms with E-state index in [4.69, 9.17) is 5.73 Å². The molecule has 2 rings (SSSR count). The van der Waals surface area contributed by atoms with Gasteiger partial charge >= 0.3 is 0 Å². The highest BCUT2D eigenvalue weighted by Gasteiger charge is 2.15. The minimum Gasteiger partial charge on any atom is -0.366 e. The third-order valence-corrected chi connectivity index (χ3v) is 4.83. The predicted molar refractivity (Wildman–Crippen MR) is 82.9 cm³/mol. The number of hydrogen-bond donors (Lipinski definition) is 2. The van der Waals surface area contributed by atoms with E-state index in [2.05, 4.69) is 5.32 Å². The average molecular weight is 292 g/mol. The lowest BCUT2D eigenvalue weighted by molar-refractivity contribution is -0.113. The van der Waals surface area contributed by atoms with Crippen molar-refractivity contribution in [1.29, 1.82) is 0 Å². The zero-order chi connectivity index (χ0) is 14.4. The fourth-order valence-corrected chi connectivity index (χ4v) is 3.47. The summed E-state index contributed by atoms with van der Waals surface area (Å²) in [5.41, 5.74) is 6.31. The summed E-state index contributed by atoms with van der Waals surface area (Å²) in [5, 5.41) is 3.47. The van der Waals surface area contributed by atoms with Crippen LogP contribution < -0.4 is 11.1 Å². The smallest absolute Gasteiger partial charge is 0.248 e. The van der Waals surface area contributed by atoms with Crippen molar-refractivity contribution in [2.75, 3.05) is 11.1 Å². The molecule has 1 aromatic rings. The summed E-state index contributed by atoms with van der Waals surface area (Å²) >= 11 is 1.75. The van der Waals surface area contributed by atoms with Crippen molar-refractivity contribution in [2.45, 2.75) is 37.4 Å². The Labute approximate surface area is 123 Å². The van der Waals surface area contributed by atoms with Gasteiger partial charge in [0.15, 0.2) is 0 Å². The van der Waals surface area contributed by atoms with E-state index in [1.54, 1.807) is 36.0 Å².